The Labute approximate surface area is 98.2 Å². The molecule has 4 nitrogen and oxygen atoms in total. The van der Waals surface area contributed by atoms with Gasteiger partial charge in [0.15, 0.2) is 6.10 Å². The van der Waals surface area contributed by atoms with Crippen LogP contribution in [0.5, 0.6) is 0 Å². The zero-order chi connectivity index (χ0) is 13.1. The number of rotatable bonds is 3. The topological polar surface area (TPSA) is 72.5 Å². The fourth-order valence-corrected chi connectivity index (χ4v) is 1.06. The maximum atomic E-state index is 11.5. The van der Waals surface area contributed by atoms with E-state index in [1.807, 2.05) is 20.8 Å². The van der Waals surface area contributed by atoms with Crippen LogP contribution in [0, 0.1) is 5.41 Å². The van der Waals surface area contributed by atoms with E-state index in [1.165, 1.54) is 0 Å². The summed E-state index contributed by atoms with van der Waals surface area (Å²) in [5.74, 6) is -0.604. The summed E-state index contributed by atoms with van der Waals surface area (Å²) in [4.78, 5) is 11.5. The molecule has 4 heteroatoms. The van der Waals surface area contributed by atoms with E-state index in [0.717, 1.165) is 0 Å². The van der Waals surface area contributed by atoms with Gasteiger partial charge in [0, 0.05) is 6.04 Å². The molecule has 2 atom stereocenters. The van der Waals surface area contributed by atoms with Gasteiger partial charge in [0.25, 0.3) is 0 Å². The second kappa shape index (κ2) is 5.15. The quantitative estimate of drug-likeness (QED) is 0.721. The van der Waals surface area contributed by atoms with Gasteiger partial charge in [-0.1, -0.05) is 20.8 Å². The van der Waals surface area contributed by atoms with Crippen LogP contribution in [0.1, 0.15) is 48.0 Å². The van der Waals surface area contributed by atoms with Crippen LogP contribution in [0.3, 0.4) is 0 Å². The lowest BCUT2D eigenvalue weighted by molar-refractivity contribution is -0.165. The first kappa shape index (κ1) is 15.4. The van der Waals surface area contributed by atoms with Crippen molar-refractivity contribution in [3.63, 3.8) is 0 Å². The summed E-state index contributed by atoms with van der Waals surface area (Å²) in [6.07, 6.45) is -0.924. The fraction of sp³-hybridized carbons (Fsp3) is 0.917. The molecule has 0 aliphatic rings. The molecule has 0 aliphatic heterocycles. The highest BCUT2D eigenvalue weighted by atomic mass is 16.6. The van der Waals surface area contributed by atoms with E-state index in [-0.39, 0.29) is 17.9 Å². The van der Waals surface area contributed by atoms with Crippen LogP contribution in [-0.4, -0.2) is 28.8 Å². The molecule has 0 aliphatic carbocycles. The average Bonchev–Trinajstić information content (AvgIpc) is 1.98. The molecule has 2 unspecified atom stereocenters. The van der Waals surface area contributed by atoms with E-state index in [9.17, 15) is 9.90 Å². The molecule has 16 heavy (non-hydrogen) atoms. The van der Waals surface area contributed by atoms with Crippen molar-refractivity contribution in [2.75, 3.05) is 0 Å². The molecule has 0 aromatic rings. The molecule has 0 radical (unpaired) electrons. The van der Waals surface area contributed by atoms with Crippen LogP contribution in [-0.2, 0) is 9.53 Å². The van der Waals surface area contributed by atoms with Gasteiger partial charge in [-0.25, -0.2) is 4.79 Å². The van der Waals surface area contributed by atoms with Crippen molar-refractivity contribution in [2.45, 2.75) is 65.7 Å². The zero-order valence-electron chi connectivity index (χ0n) is 11.2. The van der Waals surface area contributed by atoms with E-state index >= 15 is 0 Å². The number of carbonyl (C=O) groups excluding carboxylic acids is 1. The van der Waals surface area contributed by atoms with Crippen LogP contribution < -0.4 is 5.73 Å². The molecular weight excluding hydrogens is 206 g/mol. The molecule has 0 fully saturated rings. The van der Waals surface area contributed by atoms with Crippen LogP contribution in [0.4, 0.5) is 0 Å². The van der Waals surface area contributed by atoms with Crippen LogP contribution in [0.15, 0.2) is 0 Å². The fourth-order valence-electron chi connectivity index (χ4n) is 1.06. The molecule has 96 valence electrons. The van der Waals surface area contributed by atoms with E-state index < -0.39 is 17.7 Å². The number of ether oxygens (including phenoxy) is 1. The number of aliphatic hydroxyl groups excluding tert-OH is 1. The molecule has 0 amide bonds. The zero-order valence-corrected chi connectivity index (χ0v) is 11.2. The van der Waals surface area contributed by atoms with E-state index in [0.29, 0.717) is 0 Å². The summed E-state index contributed by atoms with van der Waals surface area (Å²) < 4.78 is 5.07. The lowest BCUT2D eigenvalue weighted by Gasteiger charge is -2.29. The summed E-state index contributed by atoms with van der Waals surface area (Å²) in [6.45, 7) is 11.2. The Morgan fingerprint density at radius 2 is 1.69 bits per heavy atom. The van der Waals surface area contributed by atoms with Crippen molar-refractivity contribution >= 4 is 5.97 Å². The Morgan fingerprint density at radius 3 is 2.00 bits per heavy atom. The summed E-state index contributed by atoms with van der Waals surface area (Å²) >= 11 is 0. The first-order valence-corrected chi connectivity index (χ1v) is 5.60. The minimum absolute atomic E-state index is 0.136. The molecule has 0 bridgehead atoms. The molecule has 0 spiro atoms. The number of hydrogen-bond donors (Lipinski definition) is 2. The summed E-state index contributed by atoms with van der Waals surface area (Å²) in [5.41, 5.74) is 5.17. The second-order valence-corrected chi connectivity index (χ2v) is 6.26. The van der Waals surface area contributed by atoms with Gasteiger partial charge in [-0.05, 0) is 32.6 Å². The summed E-state index contributed by atoms with van der Waals surface area (Å²) in [6, 6.07) is -0.241. The largest absolute Gasteiger partial charge is 0.458 e. The number of aliphatic hydroxyl groups is 1. The third-order valence-electron chi connectivity index (χ3n) is 2.27. The minimum Gasteiger partial charge on any atom is -0.458 e. The van der Waals surface area contributed by atoms with Crippen molar-refractivity contribution in [2.24, 2.45) is 11.1 Å². The van der Waals surface area contributed by atoms with Gasteiger partial charge in [0.05, 0.1) is 0 Å². The van der Waals surface area contributed by atoms with Crippen molar-refractivity contribution in [3.05, 3.63) is 0 Å². The molecule has 0 saturated heterocycles. The maximum absolute atomic E-state index is 11.5. The number of esters is 1. The molecule has 0 rings (SSSR count). The molecule has 0 aromatic carbocycles. The molecule has 3 N–H and O–H groups in total. The van der Waals surface area contributed by atoms with Gasteiger partial charge in [0.1, 0.15) is 5.60 Å². The summed E-state index contributed by atoms with van der Waals surface area (Å²) in [7, 11) is 0. The highest BCUT2D eigenvalue weighted by molar-refractivity contribution is 5.74. The minimum atomic E-state index is -1.14. The third kappa shape index (κ3) is 6.08. The van der Waals surface area contributed by atoms with Gasteiger partial charge >= 0.3 is 5.97 Å². The maximum Gasteiger partial charge on any atom is 0.335 e. The Kier molecular flexibility index (Phi) is 4.95. The highest BCUT2D eigenvalue weighted by Crippen LogP contribution is 2.21. The lowest BCUT2D eigenvalue weighted by atomic mass is 9.84. The first-order valence-electron chi connectivity index (χ1n) is 5.60. The monoisotopic (exact) mass is 231 g/mol. The average molecular weight is 231 g/mol. The molecular formula is C12H25NO3. The third-order valence-corrected chi connectivity index (χ3v) is 2.27. The van der Waals surface area contributed by atoms with E-state index in [1.54, 1.807) is 20.8 Å². The van der Waals surface area contributed by atoms with Crippen molar-refractivity contribution in [1.82, 2.24) is 0 Å². The molecule has 0 saturated carbocycles. The van der Waals surface area contributed by atoms with Gasteiger partial charge in [0.2, 0.25) is 0 Å². The standard InChI is InChI=1S/C12H25NO3/c1-11(2,3)9(13)7-8(14)10(15)16-12(4,5)6/h8-9,14H,7,13H2,1-6H3. The smallest absolute Gasteiger partial charge is 0.335 e. The Morgan fingerprint density at radius 1 is 1.25 bits per heavy atom. The first-order chi connectivity index (χ1) is 6.93. The van der Waals surface area contributed by atoms with Crippen LogP contribution in [0.25, 0.3) is 0 Å². The second-order valence-electron chi connectivity index (χ2n) is 6.26. The van der Waals surface area contributed by atoms with E-state index in [2.05, 4.69) is 0 Å². The van der Waals surface area contributed by atoms with Gasteiger partial charge in [-0.3, -0.25) is 0 Å². The number of hydrogen-bond acceptors (Lipinski definition) is 4. The lowest BCUT2D eigenvalue weighted by Crippen LogP contribution is -2.41. The van der Waals surface area contributed by atoms with Crippen molar-refractivity contribution in [3.8, 4) is 0 Å². The Balaban J connectivity index is 4.27. The van der Waals surface area contributed by atoms with Gasteiger partial charge in [-0.15, -0.1) is 0 Å². The van der Waals surface area contributed by atoms with Crippen LogP contribution in [0.2, 0.25) is 0 Å². The number of nitrogens with two attached hydrogens (primary N) is 1. The van der Waals surface area contributed by atoms with Crippen LogP contribution >= 0.6 is 0 Å². The summed E-state index contributed by atoms with van der Waals surface area (Å²) in [5, 5.41) is 9.66. The predicted molar refractivity (Wildman–Crippen MR) is 63.9 cm³/mol. The SMILES string of the molecule is CC(C)(C)OC(=O)C(O)CC(N)C(C)(C)C. The molecule has 0 aromatic heterocycles. The predicted octanol–water partition coefficient (Wildman–Crippen LogP) is 1.45. The van der Waals surface area contributed by atoms with Gasteiger partial charge in [-0.2, -0.15) is 0 Å². The van der Waals surface area contributed by atoms with E-state index in [4.69, 9.17) is 10.5 Å². The number of carbonyl (C=O) groups is 1. The van der Waals surface area contributed by atoms with Crippen molar-refractivity contribution < 1.29 is 14.6 Å². The Hall–Kier alpha value is -0.610. The highest BCUT2D eigenvalue weighted by Gasteiger charge is 2.29. The molecule has 0 heterocycles. The van der Waals surface area contributed by atoms with Gasteiger partial charge < -0.3 is 15.6 Å². The normalized spacial score (nSPS) is 16.8. The Bertz CT molecular complexity index is 238. The van der Waals surface area contributed by atoms with Crippen molar-refractivity contribution in [1.29, 1.82) is 0 Å².